The molecule has 0 spiro atoms. The lowest BCUT2D eigenvalue weighted by molar-refractivity contribution is 1.29. The highest BCUT2D eigenvalue weighted by molar-refractivity contribution is 7.28. The van der Waals surface area contributed by atoms with E-state index in [0.29, 0.717) is 0 Å². The van der Waals surface area contributed by atoms with E-state index in [4.69, 9.17) is 4.98 Å². The Bertz CT molecular complexity index is 3200. The van der Waals surface area contributed by atoms with Crippen molar-refractivity contribution in [1.82, 2.24) is 4.98 Å². The molecule has 2 heterocycles. The fraction of sp³-hybridized carbons (Fsp3) is 0. The fourth-order valence-electron chi connectivity index (χ4n) is 8.03. The average molecular weight is 763 g/mol. The van der Waals surface area contributed by atoms with Gasteiger partial charge in [0.1, 0.15) is 5.01 Å². The van der Waals surface area contributed by atoms with E-state index >= 15 is 0 Å². The van der Waals surface area contributed by atoms with Gasteiger partial charge in [0, 0.05) is 48.4 Å². The summed E-state index contributed by atoms with van der Waals surface area (Å²) in [6, 6.07) is 74.4. The van der Waals surface area contributed by atoms with Crippen molar-refractivity contribution in [2.24, 2.45) is 0 Å². The van der Waals surface area contributed by atoms with Crippen LogP contribution in [-0.2, 0) is 0 Å². The van der Waals surface area contributed by atoms with Gasteiger partial charge in [-0.25, -0.2) is 4.98 Å². The van der Waals surface area contributed by atoms with E-state index in [1.165, 1.54) is 69.0 Å². The Morgan fingerprint density at radius 2 is 0.895 bits per heavy atom. The Balaban J connectivity index is 1.02. The van der Waals surface area contributed by atoms with Gasteiger partial charge in [-0.1, -0.05) is 158 Å². The van der Waals surface area contributed by atoms with Crippen molar-refractivity contribution in [3.8, 4) is 44.0 Å². The molecule has 4 heteroatoms. The maximum absolute atomic E-state index is 5.30. The molecule has 0 unspecified atom stereocenters. The summed E-state index contributed by atoms with van der Waals surface area (Å²) < 4.78 is 3.84. The molecule has 0 saturated heterocycles. The first-order chi connectivity index (χ1) is 28.2. The van der Waals surface area contributed by atoms with Crippen molar-refractivity contribution >= 4 is 80.9 Å². The molecule has 0 aliphatic heterocycles. The molecular formula is C53H34N2S2. The molecule has 0 radical (unpaired) electrons. The van der Waals surface area contributed by atoms with Crippen LogP contribution >= 0.6 is 22.7 Å². The molecular weight excluding hydrogens is 729 g/mol. The van der Waals surface area contributed by atoms with Gasteiger partial charge in [-0.3, -0.25) is 0 Å². The lowest BCUT2D eigenvalue weighted by Gasteiger charge is -2.26. The summed E-state index contributed by atoms with van der Waals surface area (Å²) >= 11 is 3.67. The minimum absolute atomic E-state index is 1.04. The number of hydrogen-bond donors (Lipinski definition) is 0. The Labute approximate surface area is 339 Å². The predicted molar refractivity (Wildman–Crippen MR) is 246 cm³/mol. The maximum Gasteiger partial charge on any atom is 0.124 e. The summed E-state index contributed by atoms with van der Waals surface area (Å²) in [7, 11) is 0. The molecule has 9 aromatic carbocycles. The molecule has 11 rings (SSSR count). The normalized spacial score (nSPS) is 11.5. The quantitative estimate of drug-likeness (QED) is 0.161. The molecule has 11 aromatic rings. The summed E-state index contributed by atoms with van der Waals surface area (Å²) in [5.41, 5.74) is 12.7. The molecule has 57 heavy (non-hydrogen) atoms. The van der Waals surface area contributed by atoms with Gasteiger partial charge in [-0.15, -0.1) is 22.7 Å². The number of thiazole rings is 1. The first-order valence-electron chi connectivity index (χ1n) is 19.2. The Kier molecular flexibility index (Phi) is 8.24. The van der Waals surface area contributed by atoms with E-state index < -0.39 is 0 Å². The smallest absolute Gasteiger partial charge is 0.124 e. The van der Waals surface area contributed by atoms with Crippen LogP contribution in [0.15, 0.2) is 206 Å². The van der Waals surface area contributed by atoms with Gasteiger partial charge >= 0.3 is 0 Å². The zero-order valence-electron chi connectivity index (χ0n) is 30.8. The first kappa shape index (κ1) is 33.5. The van der Waals surface area contributed by atoms with Gasteiger partial charge in [0.25, 0.3) is 0 Å². The number of fused-ring (bicyclic) bond motifs is 6. The van der Waals surface area contributed by atoms with Crippen LogP contribution in [0.1, 0.15) is 0 Å². The van der Waals surface area contributed by atoms with Crippen molar-refractivity contribution < 1.29 is 0 Å². The number of benzene rings is 9. The maximum atomic E-state index is 5.30. The Morgan fingerprint density at radius 1 is 0.368 bits per heavy atom. The van der Waals surface area contributed by atoms with Crippen molar-refractivity contribution in [2.45, 2.75) is 0 Å². The highest BCUT2D eigenvalue weighted by Crippen LogP contribution is 2.47. The van der Waals surface area contributed by atoms with Crippen molar-refractivity contribution in [1.29, 1.82) is 0 Å². The predicted octanol–water partition coefficient (Wildman–Crippen LogP) is 16.0. The minimum Gasteiger partial charge on any atom is -0.310 e. The SMILES string of the molecule is c1ccc(-c2ccc(-c3nc4cc(-c5ccc(N(c6ccc(-c7ccccc7)cc6)c6ccc7ccccc7c6)cc5)c5sc6ccccc6c5c4s3)cc2)cc1. The summed E-state index contributed by atoms with van der Waals surface area (Å²) in [6.07, 6.45) is 0. The summed E-state index contributed by atoms with van der Waals surface area (Å²) in [6.45, 7) is 0. The molecule has 268 valence electrons. The molecule has 0 fully saturated rings. The van der Waals surface area contributed by atoms with Gasteiger partial charge in [-0.2, -0.15) is 0 Å². The zero-order chi connectivity index (χ0) is 37.7. The number of thiophene rings is 1. The van der Waals surface area contributed by atoms with Crippen LogP contribution in [0.3, 0.4) is 0 Å². The Morgan fingerprint density at radius 3 is 1.58 bits per heavy atom. The molecule has 0 saturated carbocycles. The largest absolute Gasteiger partial charge is 0.310 e. The highest BCUT2D eigenvalue weighted by atomic mass is 32.1. The monoisotopic (exact) mass is 762 g/mol. The third-order valence-electron chi connectivity index (χ3n) is 10.9. The van der Waals surface area contributed by atoms with Crippen molar-refractivity contribution in [3.05, 3.63) is 206 Å². The zero-order valence-corrected chi connectivity index (χ0v) is 32.5. The van der Waals surface area contributed by atoms with Gasteiger partial charge in [0.2, 0.25) is 0 Å². The highest BCUT2D eigenvalue weighted by Gasteiger charge is 2.20. The van der Waals surface area contributed by atoms with Gasteiger partial charge in [-0.05, 0) is 87.1 Å². The number of rotatable bonds is 7. The van der Waals surface area contributed by atoms with Crippen LogP contribution in [0.4, 0.5) is 17.1 Å². The molecule has 0 amide bonds. The van der Waals surface area contributed by atoms with E-state index in [1.807, 2.05) is 11.3 Å². The fourth-order valence-corrected chi connectivity index (χ4v) is 10.5. The van der Waals surface area contributed by atoms with Crippen molar-refractivity contribution in [3.63, 3.8) is 0 Å². The summed E-state index contributed by atoms with van der Waals surface area (Å²) in [5.74, 6) is 0. The second kappa shape index (κ2) is 14.0. The van der Waals surface area contributed by atoms with E-state index in [2.05, 4.69) is 211 Å². The van der Waals surface area contributed by atoms with E-state index in [0.717, 1.165) is 33.1 Å². The molecule has 2 nitrogen and oxygen atoms in total. The average Bonchev–Trinajstić information content (AvgIpc) is 3.90. The first-order valence-corrected chi connectivity index (χ1v) is 20.8. The Hall–Kier alpha value is -6.85. The van der Waals surface area contributed by atoms with E-state index in [9.17, 15) is 0 Å². The molecule has 0 atom stereocenters. The van der Waals surface area contributed by atoms with E-state index in [1.54, 1.807) is 11.3 Å². The van der Waals surface area contributed by atoms with Gasteiger partial charge in [0.15, 0.2) is 0 Å². The van der Waals surface area contributed by atoms with Crippen LogP contribution in [0, 0.1) is 0 Å². The van der Waals surface area contributed by atoms with E-state index in [-0.39, 0.29) is 0 Å². The van der Waals surface area contributed by atoms with Gasteiger partial charge in [0.05, 0.1) is 10.2 Å². The van der Waals surface area contributed by atoms with Crippen LogP contribution in [0.2, 0.25) is 0 Å². The number of nitrogens with zero attached hydrogens (tertiary/aromatic N) is 2. The number of hydrogen-bond acceptors (Lipinski definition) is 4. The van der Waals surface area contributed by atoms with Gasteiger partial charge < -0.3 is 4.90 Å². The van der Waals surface area contributed by atoms with Crippen molar-refractivity contribution in [2.75, 3.05) is 4.90 Å². The lowest BCUT2D eigenvalue weighted by atomic mass is 10.0. The lowest BCUT2D eigenvalue weighted by Crippen LogP contribution is -2.09. The summed E-state index contributed by atoms with van der Waals surface area (Å²) in [5, 5.41) is 6.07. The number of aromatic nitrogens is 1. The molecule has 0 aliphatic rings. The second-order valence-electron chi connectivity index (χ2n) is 14.4. The molecule has 0 bridgehead atoms. The van der Waals surface area contributed by atoms with Crippen LogP contribution < -0.4 is 4.90 Å². The topological polar surface area (TPSA) is 16.1 Å². The summed E-state index contributed by atoms with van der Waals surface area (Å²) in [4.78, 5) is 7.66. The number of anilines is 3. The van der Waals surface area contributed by atoms with Crippen LogP contribution in [0.25, 0.3) is 85.1 Å². The third kappa shape index (κ3) is 6.07. The standard InChI is InChI=1S/C53H34N2S2/c1-3-11-35(12-4-1)38-19-21-41(22-20-38)53-54-48-34-47(51-50(52(48)57-53)46-17-9-10-18-49(46)56-51)40-26-30-44(31-27-40)55(45-32-25-37-15-7-8-16-42(37)33-45)43-28-23-39(24-29-43)36-13-5-2-6-14-36/h1-34H. The molecule has 2 aromatic heterocycles. The van der Waals surface area contributed by atoms with Crippen LogP contribution in [0.5, 0.6) is 0 Å². The molecule has 0 N–H and O–H groups in total. The third-order valence-corrected chi connectivity index (χ3v) is 13.2. The molecule has 0 aliphatic carbocycles. The van der Waals surface area contributed by atoms with Crippen LogP contribution in [-0.4, -0.2) is 4.98 Å². The minimum atomic E-state index is 1.04. The second-order valence-corrected chi connectivity index (χ2v) is 16.4.